The molecule has 0 fully saturated rings. The Hall–Kier alpha value is -0.390. The summed E-state index contributed by atoms with van der Waals surface area (Å²) < 4.78 is 2.42. The van der Waals surface area contributed by atoms with E-state index in [4.69, 9.17) is 0 Å². The summed E-state index contributed by atoms with van der Waals surface area (Å²) in [7, 11) is 2.15. The lowest BCUT2D eigenvalue weighted by Crippen LogP contribution is -2.17. The first kappa shape index (κ1) is 14.0. The summed E-state index contributed by atoms with van der Waals surface area (Å²) in [6.45, 7) is 1.95. The molecule has 0 spiro atoms. The zero-order valence-electron chi connectivity index (χ0n) is 10.2. The van der Waals surface area contributed by atoms with Crippen molar-refractivity contribution in [2.75, 3.05) is 7.05 Å². The van der Waals surface area contributed by atoms with Gasteiger partial charge in [0.2, 0.25) is 0 Å². The van der Waals surface area contributed by atoms with Crippen LogP contribution in [0, 0.1) is 3.57 Å². The van der Waals surface area contributed by atoms with Gasteiger partial charge < -0.3 is 0 Å². The summed E-state index contributed by atoms with van der Waals surface area (Å²) in [4.78, 5) is 2.32. The highest BCUT2D eigenvalue weighted by Gasteiger charge is 2.02. The van der Waals surface area contributed by atoms with Crippen LogP contribution in [0.5, 0.6) is 0 Å². The molecule has 0 N–H and O–H groups in total. The van der Waals surface area contributed by atoms with Crippen LogP contribution in [0.1, 0.15) is 11.1 Å². The summed E-state index contributed by atoms with van der Waals surface area (Å²) in [5.74, 6) is 0. The van der Waals surface area contributed by atoms with Crippen molar-refractivity contribution in [3.05, 3.63) is 67.7 Å². The maximum Gasteiger partial charge on any atom is 0.0234 e. The van der Waals surface area contributed by atoms with Crippen LogP contribution in [0.25, 0.3) is 0 Å². The normalized spacial score (nSPS) is 10.9. The van der Waals surface area contributed by atoms with E-state index in [-0.39, 0.29) is 0 Å². The fourth-order valence-corrected chi connectivity index (χ4v) is 2.48. The molecule has 0 aliphatic heterocycles. The van der Waals surface area contributed by atoms with Crippen molar-refractivity contribution in [1.82, 2.24) is 4.90 Å². The van der Waals surface area contributed by atoms with Gasteiger partial charge in [-0.25, -0.2) is 0 Å². The van der Waals surface area contributed by atoms with Crippen molar-refractivity contribution < 1.29 is 0 Å². The van der Waals surface area contributed by atoms with E-state index in [2.05, 4.69) is 99.0 Å². The van der Waals surface area contributed by atoms with Gasteiger partial charge in [-0.15, -0.1) is 0 Å². The number of nitrogens with zero attached hydrogens (tertiary/aromatic N) is 1. The lowest BCUT2D eigenvalue weighted by molar-refractivity contribution is 0.319. The highest BCUT2D eigenvalue weighted by Crippen LogP contribution is 2.13. The predicted octanol–water partition coefficient (Wildman–Crippen LogP) is 4.69. The second kappa shape index (κ2) is 6.68. The Balaban J connectivity index is 1.94. The minimum Gasteiger partial charge on any atom is -0.298 e. The number of benzene rings is 2. The first-order valence-electron chi connectivity index (χ1n) is 5.81. The van der Waals surface area contributed by atoms with Crippen LogP contribution >= 0.6 is 38.5 Å². The standard InChI is InChI=1S/C15H15BrIN/c1-18(10-12-2-6-14(16)7-3-12)11-13-4-8-15(17)9-5-13/h2-9H,10-11H2,1H3. The van der Waals surface area contributed by atoms with E-state index >= 15 is 0 Å². The van der Waals surface area contributed by atoms with Gasteiger partial charge in [-0.3, -0.25) is 4.90 Å². The summed E-state index contributed by atoms with van der Waals surface area (Å²) in [5.41, 5.74) is 2.70. The smallest absolute Gasteiger partial charge is 0.0234 e. The fraction of sp³-hybridized carbons (Fsp3) is 0.200. The van der Waals surface area contributed by atoms with Crippen molar-refractivity contribution in [2.24, 2.45) is 0 Å². The van der Waals surface area contributed by atoms with Crippen LogP contribution < -0.4 is 0 Å². The Bertz CT molecular complexity index is 445. The molecular formula is C15H15BrIN. The molecular weight excluding hydrogens is 401 g/mol. The van der Waals surface area contributed by atoms with Gasteiger partial charge in [0.05, 0.1) is 0 Å². The Kier molecular flexibility index (Phi) is 5.21. The second-order valence-corrected chi connectivity index (χ2v) is 6.59. The SMILES string of the molecule is CN(Cc1ccc(Br)cc1)Cc1ccc(I)cc1. The van der Waals surface area contributed by atoms with Crippen LogP contribution in [-0.2, 0) is 13.1 Å². The Morgan fingerprint density at radius 2 is 1.33 bits per heavy atom. The lowest BCUT2D eigenvalue weighted by atomic mass is 10.2. The van der Waals surface area contributed by atoms with Crippen LogP contribution in [0.15, 0.2) is 53.0 Å². The molecule has 18 heavy (non-hydrogen) atoms. The molecule has 2 aromatic carbocycles. The zero-order chi connectivity index (χ0) is 13.0. The first-order chi connectivity index (χ1) is 8.63. The highest BCUT2D eigenvalue weighted by molar-refractivity contribution is 14.1. The minimum atomic E-state index is 0.971. The predicted molar refractivity (Wildman–Crippen MR) is 88.5 cm³/mol. The van der Waals surface area contributed by atoms with E-state index in [1.165, 1.54) is 14.7 Å². The van der Waals surface area contributed by atoms with Gasteiger partial charge in [0.1, 0.15) is 0 Å². The van der Waals surface area contributed by atoms with Crippen LogP contribution in [0.4, 0.5) is 0 Å². The molecule has 0 aromatic heterocycles. The summed E-state index contributed by atoms with van der Waals surface area (Å²) >= 11 is 5.79. The summed E-state index contributed by atoms with van der Waals surface area (Å²) in [6, 6.07) is 17.2. The molecule has 0 amide bonds. The highest BCUT2D eigenvalue weighted by atomic mass is 127. The fourth-order valence-electron chi connectivity index (χ4n) is 1.86. The monoisotopic (exact) mass is 415 g/mol. The zero-order valence-corrected chi connectivity index (χ0v) is 14.0. The van der Waals surface area contributed by atoms with Gasteiger partial charge >= 0.3 is 0 Å². The van der Waals surface area contributed by atoms with Crippen molar-refractivity contribution in [2.45, 2.75) is 13.1 Å². The molecule has 1 nitrogen and oxygen atoms in total. The van der Waals surface area contributed by atoms with Crippen molar-refractivity contribution >= 4 is 38.5 Å². The molecule has 0 heterocycles. The number of rotatable bonds is 4. The molecule has 2 aromatic rings. The summed E-state index contributed by atoms with van der Waals surface area (Å²) in [6.07, 6.45) is 0. The number of hydrogen-bond acceptors (Lipinski definition) is 1. The van der Waals surface area contributed by atoms with Crippen LogP contribution in [0.2, 0.25) is 0 Å². The van der Waals surface area contributed by atoms with Crippen molar-refractivity contribution in [1.29, 1.82) is 0 Å². The van der Waals surface area contributed by atoms with Gasteiger partial charge in [0, 0.05) is 21.1 Å². The second-order valence-electron chi connectivity index (χ2n) is 4.43. The summed E-state index contributed by atoms with van der Waals surface area (Å²) in [5, 5.41) is 0. The molecule has 0 aliphatic carbocycles. The molecule has 0 unspecified atom stereocenters. The third-order valence-corrected chi connectivity index (χ3v) is 3.98. The number of hydrogen-bond donors (Lipinski definition) is 0. The van der Waals surface area contributed by atoms with Crippen LogP contribution in [0.3, 0.4) is 0 Å². The number of halogens is 2. The largest absolute Gasteiger partial charge is 0.298 e. The lowest BCUT2D eigenvalue weighted by Gasteiger charge is -2.17. The molecule has 0 radical (unpaired) electrons. The molecule has 0 atom stereocenters. The maximum absolute atomic E-state index is 3.46. The molecule has 0 aliphatic rings. The van der Waals surface area contributed by atoms with Gasteiger partial charge in [0.25, 0.3) is 0 Å². The minimum absolute atomic E-state index is 0.971. The molecule has 3 heteroatoms. The van der Waals surface area contributed by atoms with E-state index in [1.807, 2.05) is 0 Å². The van der Waals surface area contributed by atoms with Crippen LogP contribution in [-0.4, -0.2) is 11.9 Å². The van der Waals surface area contributed by atoms with E-state index < -0.39 is 0 Å². The third kappa shape index (κ3) is 4.37. The van der Waals surface area contributed by atoms with Gasteiger partial charge in [-0.05, 0) is 65.0 Å². The molecule has 0 bridgehead atoms. The average molecular weight is 416 g/mol. The van der Waals surface area contributed by atoms with Crippen molar-refractivity contribution in [3.63, 3.8) is 0 Å². The quantitative estimate of drug-likeness (QED) is 0.655. The van der Waals surface area contributed by atoms with Gasteiger partial charge in [-0.2, -0.15) is 0 Å². The topological polar surface area (TPSA) is 3.24 Å². The van der Waals surface area contributed by atoms with Gasteiger partial charge in [-0.1, -0.05) is 40.2 Å². The first-order valence-corrected chi connectivity index (χ1v) is 7.68. The van der Waals surface area contributed by atoms with E-state index in [0.29, 0.717) is 0 Å². The van der Waals surface area contributed by atoms with Gasteiger partial charge in [0.15, 0.2) is 0 Å². The van der Waals surface area contributed by atoms with E-state index in [0.717, 1.165) is 17.6 Å². The molecule has 0 saturated carbocycles. The molecule has 94 valence electrons. The Morgan fingerprint density at radius 1 is 0.889 bits per heavy atom. The maximum atomic E-state index is 3.46. The van der Waals surface area contributed by atoms with E-state index in [9.17, 15) is 0 Å². The third-order valence-electron chi connectivity index (χ3n) is 2.73. The Labute approximate surface area is 130 Å². The average Bonchev–Trinajstić information content (AvgIpc) is 2.35. The Morgan fingerprint density at radius 3 is 1.83 bits per heavy atom. The van der Waals surface area contributed by atoms with Crippen molar-refractivity contribution in [3.8, 4) is 0 Å². The molecule has 2 rings (SSSR count). The van der Waals surface area contributed by atoms with E-state index in [1.54, 1.807) is 0 Å². The molecule has 0 saturated heterocycles.